The molecule has 0 atom stereocenters. The number of benzene rings is 1. The summed E-state index contributed by atoms with van der Waals surface area (Å²) in [6, 6.07) is 4.60. The van der Waals surface area contributed by atoms with E-state index in [0.717, 1.165) is 0 Å². The SMILES string of the molecule is C=C(C)C(=O)c1ccc(OCC(=O)OCC)c(Cl)c1. The van der Waals surface area contributed by atoms with Gasteiger partial charge in [-0.3, -0.25) is 4.79 Å². The number of Topliss-reactive ketones (excluding diaryl/α,β-unsaturated/α-hetero) is 1. The Hall–Kier alpha value is -1.81. The van der Waals surface area contributed by atoms with E-state index < -0.39 is 5.97 Å². The summed E-state index contributed by atoms with van der Waals surface area (Å²) in [4.78, 5) is 22.8. The summed E-state index contributed by atoms with van der Waals surface area (Å²) in [5.41, 5.74) is 0.859. The molecule has 0 unspecified atom stereocenters. The standard InChI is InChI=1S/C14H15ClO4/c1-4-18-13(16)8-19-12-6-5-10(7-11(12)15)14(17)9(2)3/h5-7H,2,4,8H2,1,3H3. The van der Waals surface area contributed by atoms with Crippen molar-refractivity contribution in [2.45, 2.75) is 13.8 Å². The highest BCUT2D eigenvalue weighted by atomic mass is 35.5. The molecule has 0 N–H and O–H groups in total. The second-order valence-electron chi connectivity index (χ2n) is 3.85. The van der Waals surface area contributed by atoms with Crippen LogP contribution in [0.15, 0.2) is 30.4 Å². The van der Waals surface area contributed by atoms with Gasteiger partial charge in [0.1, 0.15) is 5.75 Å². The van der Waals surface area contributed by atoms with E-state index in [0.29, 0.717) is 23.5 Å². The molecule has 1 rings (SSSR count). The molecule has 4 nitrogen and oxygen atoms in total. The molecule has 0 fully saturated rings. The molecule has 1 aromatic carbocycles. The Morgan fingerprint density at radius 3 is 2.58 bits per heavy atom. The maximum Gasteiger partial charge on any atom is 0.344 e. The first-order valence-corrected chi connectivity index (χ1v) is 6.11. The number of carbonyl (C=O) groups is 2. The minimum atomic E-state index is -0.472. The Labute approximate surface area is 117 Å². The van der Waals surface area contributed by atoms with Crippen LogP contribution in [0.1, 0.15) is 24.2 Å². The molecule has 0 aliphatic heterocycles. The van der Waals surface area contributed by atoms with Crippen molar-refractivity contribution in [3.05, 3.63) is 40.9 Å². The summed E-state index contributed by atoms with van der Waals surface area (Å²) in [7, 11) is 0. The highest BCUT2D eigenvalue weighted by Crippen LogP contribution is 2.26. The van der Waals surface area contributed by atoms with Crippen LogP contribution >= 0.6 is 11.6 Å². The van der Waals surface area contributed by atoms with E-state index in [-0.39, 0.29) is 17.4 Å². The van der Waals surface area contributed by atoms with Gasteiger partial charge in [-0.15, -0.1) is 0 Å². The lowest BCUT2D eigenvalue weighted by molar-refractivity contribution is -0.145. The monoisotopic (exact) mass is 282 g/mol. The molecule has 5 heteroatoms. The Kier molecular flexibility index (Phi) is 5.57. The summed E-state index contributed by atoms with van der Waals surface area (Å²) in [6.07, 6.45) is 0. The zero-order valence-electron chi connectivity index (χ0n) is 10.9. The lowest BCUT2D eigenvalue weighted by Gasteiger charge is -2.08. The largest absolute Gasteiger partial charge is 0.480 e. The number of ketones is 1. The fourth-order valence-corrected chi connectivity index (χ4v) is 1.58. The minimum absolute atomic E-state index is 0.182. The van der Waals surface area contributed by atoms with Gasteiger partial charge in [-0.1, -0.05) is 18.2 Å². The van der Waals surface area contributed by atoms with Crippen molar-refractivity contribution in [3.8, 4) is 5.75 Å². The molecule has 1 aromatic rings. The number of carbonyl (C=O) groups excluding carboxylic acids is 2. The molecule has 19 heavy (non-hydrogen) atoms. The molecule has 0 amide bonds. The van der Waals surface area contributed by atoms with E-state index in [2.05, 4.69) is 6.58 Å². The van der Waals surface area contributed by atoms with Gasteiger partial charge in [0.25, 0.3) is 0 Å². The number of halogens is 1. The number of rotatable bonds is 6. The molecule has 0 aromatic heterocycles. The van der Waals surface area contributed by atoms with Gasteiger partial charge in [-0.05, 0) is 37.6 Å². The smallest absolute Gasteiger partial charge is 0.344 e. The fourth-order valence-electron chi connectivity index (χ4n) is 1.34. The van der Waals surface area contributed by atoms with Crippen LogP contribution in [0.3, 0.4) is 0 Å². The van der Waals surface area contributed by atoms with Gasteiger partial charge in [-0.25, -0.2) is 4.79 Å². The summed E-state index contributed by atoms with van der Waals surface area (Å²) in [6.45, 7) is 6.99. The molecule has 0 saturated carbocycles. The van der Waals surface area contributed by atoms with Gasteiger partial charge in [-0.2, -0.15) is 0 Å². The second kappa shape index (κ2) is 6.95. The lowest BCUT2D eigenvalue weighted by atomic mass is 10.1. The van der Waals surface area contributed by atoms with Crippen LogP contribution in [0.4, 0.5) is 0 Å². The topological polar surface area (TPSA) is 52.6 Å². The van der Waals surface area contributed by atoms with Gasteiger partial charge in [0.2, 0.25) is 0 Å². The van der Waals surface area contributed by atoms with Crippen LogP contribution in [0.5, 0.6) is 5.75 Å². The Morgan fingerprint density at radius 1 is 1.37 bits per heavy atom. The average molecular weight is 283 g/mol. The van der Waals surface area contributed by atoms with Gasteiger partial charge < -0.3 is 9.47 Å². The Morgan fingerprint density at radius 2 is 2.05 bits per heavy atom. The van der Waals surface area contributed by atoms with Gasteiger partial charge in [0.05, 0.1) is 11.6 Å². The lowest BCUT2D eigenvalue weighted by Crippen LogP contribution is -2.14. The Balaban J connectivity index is 2.75. The number of esters is 1. The van der Waals surface area contributed by atoms with Gasteiger partial charge in [0, 0.05) is 5.56 Å². The predicted octanol–water partition coefficient (Wildman–Crippen LogP) is 3.04. The van der Waals surface area contributed by atoms with Crippen LogP contribution in [0, 0.1) is 0 Å². The van der Waals surface area contributed by atoms with Crippen LogP contribution in [-0.2, 0) is 9.53 Å². The van der Waals surface area contributed by atoms with Crippen LogP contribution in [0.25, 0.3) is 0 Å². The number of allylic oxidation sites excluding steroid dienone is 1. The van der Waals surface area contributed by atoms with Crippen molar-refractivity contribution >= 4 is 23.4 Å². The molecule has 0 saturated heterocycles. The molecule has 0 aliphatic carbocycles. The number of ether oxygens (including phenoxy) is 2. The molecule has 0 radical (unpaired) electrons. The zero-order valence-corrected chi connectivity index (χ0v) is 11.6. The maximum absolute atomic E-state index is 11.7. The van der Waals surface area contributed by atoms with Gasteiger partial charge in [0.15, 0.2) is 12.4 Å². The molecular weight excluding hydrogens is 268 g/mol. The van der Waals surface area contributed by atoms with E-state index in [4.69, 9.17) is 21.1 Å². The van der Waals surface area contributed by atoms with E-state index in [1.165, 1.54) is 12.1 Å². The highest BCUT2D eigenvalue weighted by molar-refractivity contribution is 6.32. The molecule has 0 heterocycles. The summed E-state index contributed by atoms with van der Waals surface area (Å²) >= 11 is 5.98. The third kappa shape index (κ3) is 4.41. The predicted molar refractivity (Wildman–Crippen MR) is 72.7 cm³/mol. The maximum atomic E-state index is 11.7. The van der Waals surface area contributed by atoms with E-state index in [9.17, 15) is 9.59 Å². The molecular formula is C14H15ClO4. The molecule has 102 valence electrons. The number of hydrogen-bond acceptors (Lipinski definition) is 4. The van der Waals surface area contributed by atoms with Crippen molar-refractivity contribution in [2.75, 3.05) is 13.2 Å². The second-order valence-corrected chi connectivity index (χ2v) is 4.26. The Bertz CT molecular complexity index is 508. The third-order valence-electron chi connectivity index (χ3n) is 2.23. The van der Waals surface area contributed by atoms with Crippen molar-refractivity contribution < 1.29 is 19.1 Å². The van der Waals surface area contributed by atoms with E-state index >= 15 is 0 Å². The van der Waals surface area contributed by atoms with Crippen molar-refractivity contribution in [1.82, 2.24) is 0 Å². The molecule has 0 bridgehead atoms. The van der Waals surface area contributed by atoms with Crippen molar-refractivity contribution in [3.63, 3.8) is 0 Å². The van der Waals surface area contributed by atoms with Gasteiger partial charge >= 0.3 is 5.97 Å². The first kappa shape index (κ1) is 15.2. The summed E-state index contributed by atoms with van der Waals surface area (Å²) < 4.78 is 9.93. The summed E-state index contributed by atoms with van der Waals surface area (Å²) in [5, 5.41) is 0.261. The van der Waals surface area contributed by atoms with Crippen LogP contribution < -0.4 is 4.74 Å². The third-order valence-corrected chi connectivity index (χ3v) is 2.53. The molecule has 0 spiro atoms. The van der Waals surface area contributed by atoms with Crippen molar-refractivity contribution in [1.29, 1.82) is 0 Å². The average Bonchev–Trinajstić information content (AvgIpc) is 2.36. The summed E-state index contributed by atoms with van der Waals surface area (Å²) in [5.74, 6) is -0.326. The highest BCUT2D eigenvalue weighted by Gasteiger charge is 2.11. The zero-order chi connectivity index (χ0) is 14.4. The van der Waals surface area contributed by atoms with Crippen LogP contribution in [0.2, 0.25) is 5.02 Å². The van der Waals surface area contributed by atoms with E-state index in [1.807, 2.05) is 0 Å². The quantitative estimate of drug-likeness (QED) is 0.457. The number of hydrogen-bond donors (Lipinski definition) is 0. The molecule has 0 aliphatic rings. The normalized spacial score (nSPS) is 9.84. The van der Waals surface area contributed by atoms with Crippen molar-refractivity contribution in [2.24, 2.45) is 0 Å². The fraction of sp³-hybridized carbons (Fsp3) is 0.286. The van der Waals surface area contributed by atoms with Crippen LogP contribution in [-0.4, -0.2) is 25.0 Å². The minimum Gasteiger partial charge on any atom is -0.480 e. The first-order valence-electron chi connectivity index (χ1n) is 5.74. The van der Waals surface area contributed by atoms with E-state index in [1.54, 1.807) is 19.9 Å². The first-order chi connectivity index (χ1) is 8.95.